The fraction of sp³-hybridized carbons (Fsp3) is 0.143. The highest BCUT2D eigenvalue weighted by Gasteiger charge is 2.31. The van der Waals surface area contributed by atoms with E-state index in [4.69, 9.17) is 9.84 Å². The Hall–Kier alpha value is -2.77. The summed E-state index contributed by atoms with van der Waals surface area (Å²) in [6.07, 6.45) is -4.81. The van der Waals surface area contributed by atoms with Crippen LogP contribution in [-0.2, 0) is 0 Å². The summed E-state index contributed by atoms with van der Waals surface area (Å²) < 4.78 is 45.5. The first kappa shape index (κ1) is 15.6. The van der Waals surface area contributed by atoms with Gasteiger partial charge in [-0.1, -0.05) is 12.1 Å². The molecule has 0 radical (unpaired) electrons. The van der Waals surface area contributed by atoms with Crippen LogP contribution < -0.4 is 9.47 Å². The Kier molecular flexibility index (Phi) is 4.20. The highest BCUT2D eigenvalue weighted by molar-refractivity contribution is 5.86. The van der Waals surface area contributed by atoms with E-state index in [9.17, 15) is 18.0 Å². The lowest BCUT2D eigenvalue weighted by Crippen LogP contribution is -2.17. The van der Waals surface area contributed by atoms with Crippen LogP contribution in [0.1, 0.15) is 10.5 Å². The zero-order chi connectivity index (χ0) is 16.3. The monoisotopic (exact) mass is 313 g/mol. The second-order valence-corrected chi connectivity index (χ2v) is 4.16. The number of ether oxygens (including phenoxy) is 2. The number of hydrogen-bond donors (Lipinski definition) is 1. The van der Waals surface area contributed by atoms with Crippen molar-refractivity contribution in [3.05, 3.63) is 42.1 Å². The van der Waals surface area contributed by atoms with Crippen LogP contribution in [0.5, 0.6) is 11.5 Å². The molecule has 116 valence electrons. The van der Waals surface area contributed by atoms with E-state index in [0.29, 0.717) is 0 Å². The number of carboxylic acid groups (broad SMARTS) is 1. The molecule has 0 aliphatic carbocycles. The first-order chi connectivity index (χ1) is 10.3. The maximum absolute atomic E-state index is 12.2. The quantitative estimate of drug-likeness (QED) is 0.937. The molecule has 0 aliphatic heterocycles. The topological polar surface area (TPSA) is 68.7 Å². The van der Waals surface area contributed by atoms with Crippen LogP contribution in [0.3, 0.4) is 0 Å². The number of alkyl halides is 3. The Morgan fingerprint density at radius 2 is 1.91 bits per heavy atom. The van der Waals surface area contributed by atoms with Crippen LogP contribution in [-0.4, -0.2) is 29.5 Å². The van der Waals surface area contributed by atoms with Crippen molar-refractivity contribution in [2.24, 2.45) is 0 Å². The lowest BCUT2D eigenvalue weighted by molar-refractivity contribution is -0.274. The predicted octanol–water partition coefficient (Wildman–Crippen LogP) is 3.35. The highest BCUT2D eigenvalue weighted by atomic mass is 19.4. The molecule has 2 aromatic rings. The number of benzene rings is 1. The molecule has 0 amide bonds. The third kappa shape index (κ3) is 3.87. The molecule has 1 aromatic carbocycles. The summed E-state index contributed by atoms with van der Waals surface area (Å²) in [7, 11) is 1.34. The van der Waals surface area contributed by atoms with E-state index in [1.54, 1.807) is 0 Å². The van der Waals surface area contributed by atoms with Crippen LogP contribution in [0.4, 0.5) is 13.2 Å². The van der Waals surface area contributed by atoms with Crippen molar-refractivity contribution in [2.45, 2.75) is 6.36 Å². The summed E-state index contributed by atoms with van der Waals surface area (Å²) in [5, 5.41) is 8.99. The Balaban J connectivity index is 2.45. The van der Waals surface area contributed by atoms with E-state index in [2.05, 4.69) is 9.72 Å². The Labute approximate surface area is 122 Å². The highest BCUT2D eigenvalue weighted by Crippen LogP contribution is 2.29. The van der Waals surface area contributed by atoms with Gasteiger partial charge in [0.2, 0.25) is 0 Å². The second-order valence-electron chi connectivity index (χ2n) is 4.16. The largest absolute Gasteiger partial charge is 0.573 e. The molecule has 0 aliphatic rings. The number of halogens is 3. The molecule has 1 aromatic heterocycles. The normalized spacial score (nSPS) is 11.1. The molecular weight excluding hydrogens is 303 g/mol. The molecule has 5 nitrogen and oxygen atoms in total. The van der Waals surface area contributed by atoms with E-state index >= 15 is 0 Å². The summed E-state index contributed by atoms with van der Waals surface area (Å²) in [6, 6.07) is 7.70. The molecule has 0 saturated heterocycles. The van der Waals surface area contributed by atoms with Gasteiger partial charge in [0, 0.05) is 17.7 Å². The van der Waals surface area contributed by atoms with Crippen molar-refractivity contribution in [1.82, 2.24) is 4.98 Å². The van der Waals surface area contributed by atoms with Crippen molar-refractivity contribution in [1.29, 1.82) is 0 Å². The summed E-state index contributed by atoms with van der Waals surface area (Å²) in [6.45, 7) is 0. The maximum Gasteiger partial charge on any atom is 0.573 e. The van der Waals surface area contributed by atoms with Gasteiger partial charge in [-0.3, -0.25) is 0 Å². The van der Waals surface area contributed by atoms with Crippen molar-refractivity contribution < 1.29 is 32.5 Å². The standard InChI is InChI=1S/C14H10F3NO4/c1-21-10-6-11(18-12(7-10)13(19)20)8-3-2-4-9(5-8)22-14(15,16)17/h2-7H,1H3,(H,19,20). The Morgan fingerprint density at radius 3 is 2.50 bits per heavy atom. The molecule has 0 spiro atoms. The second kappa shape index (κ2) is 5.92. The van der Waals surface area contributed by atoms with Crippen molar-refractivity contribution in [3.8, 4) is 22.8 Å². The Morgan fingerprint density at radius 1 is 1.18 bits per heavy atom. The van der Waals surface area contributed by atoms with Gasteiger partial charge in [0.15, 0.2) is 5.69 Å². The third-order valence-corrected chi connectivity index (χ3v) is 2.62. The van der Waals surface area contributed by atoms with Crippen molar-refractivity contribution in [2.75, 3.05) is 7.11 Å². The Bertz CT molecular complexity index is 701. The fourth-order valence-electron chi connectivity index (χ4n) is 1.73. The average Bonchev–Trinajstić information content (AvgIpc) is 2.45. The zero-order valence-corrected chi connectivity index (χ0v) is 11.2. The third-order valence-electron chi connectivity index (χ3n) is 2.62. The summed E-state index contributed by atoms with van der Waals surface area (Å²) in [4.78, 5) is 14.9. The number of carboxylic acids is 1. The van der Waals surface area contributed by atoms with Gasteiger partial charge in [-0.2, -0.15) is 0 Å². The fourth-order valence-corrected chi connectivity index (χ4v) is 1.73. The molecule has 2 rings (SSSR count). The minimum absolute atomic E-state index is 0.157. The van der Waals surface area contributed by atoms with E-state index in [0.717, 1.165) is 12.1 Å². The molecule has 22 heavy (non-hydrogen) atoms. The smallest absolute Gasteiger partial charge is 0.497 e. The summed E-state index contributed by atoms with van der Waals surface area (Å²) in [5.41, 5.74) is 0.143. The number of methoxy groups -OCH3 is 1. The predicted molar refractivity (Wildman–Crippen MR) is 69.9 cm³/mol. The van der Waals surface area contributed by atoms with Crippen LogP contribution in [0.25, 0.3) is 11.3 Å². The van der Waals surface area contributed by atoms with Gasteiger partial charge in [-0.25, -0.2) is 9.78 Å². The molecular formula is C14H10F3NO4. The van der Waals surface area contributed by atoms with Crippen molar-refractivity contribution >= 4 is 5.97 Å². The first-order valence-corrected chi connectivity index (χ1v) is 5.94. The minimum Gasteiger partial charge on any atom is -0.497 e. The number of nitrogens with zero attached hydrogens (tertiary/aromatic N) is 1. The van der Waals surface area contributed by atoms with Gasteiger partial charge in [0.05, 0.1) is 12.8 Å². The van der Waals surface area contributed by atoms with E-state index in [-0.39, 0.29) is 22.7 Å². The van der Waals surface area contributed by atoms with Gasteiger partial charge in [-0.05, 0) is 12.1 Å². The van der Waals surface area contributed by atoms with Crippen LogP contribution in [0, 0.1) is 0 Å². The average molecular weight is 313 g/mol. The molecule has 0 saturated carbocycles. The number of rotatable bonds is 4. The van der Waals surface area contributed by atoms with E-state index < -0.39 is 18.1 Å². The van der Waals surface area contributed by atoms with Gasteiger partial charge in [0.25, 0.3) is 0 Å². The van der Waals surface area contributed by atoms with E-state index in [1.165, 1.54) is 31.4 Å². The van der Waals surface area contributed by atoms with Gasteiger partial charge in [-0.15, -0.1) is 13.2 Å². The summed E-state index contributed by atoms with van der Waals surface area (Å²) in [5.74, 6) is -1.47. The SMILES string of the molecule is COc1cc(C(=O)O)nc(-c2cccc(OC(F)(F)F)c2)c1. The van der Waals surface area contributed by atoms with Crippen molar-refractivity contribution in [3.63, 3.8) is 0 Å². The number of hydrogen-bond acceptors (Lipinski definition) is 4. The van der Waals surface area contributed by atoms with Gasteiger partial charge in [0.1, 0.15) is 11.5 Å². The first-order valence-electron chi connectivity index (χ1n) is 5.94. The van der Waals surface area contributed by atoms with Crippen LogP contribution in [0.2, 0.25) is 0 Å². The number of pyridine rings is 1. The van der Waals surface area contributed by atoms with Gasteiger partial charge >= 0.3 is 12.3 Å². The number of carbonyl (C=O) groups is 1. The van der Waals surface area contributed by atoms with Crippen LogP contribution >= 0.6 is 0 Å². The van der Waals surface area contributed by atoms with E-state index in [1.807, 2.05) is 0 Å². The molecule has 1 heterocycles. The summed E-state index contributed by atoms with van der Waals surface area (Å²) >= 11 is 0. The zero-order valence-electron chi connectivity index (χ0n) is 11.2. The molecule has 0 fully saturated rings. The molecule has 8 heteroatoms. The lowest BCUT2D eigenvalue weighted by atomic mass is 10.1. The minimum atomic E-state index is -4.81. The number of aromatic carboxylic acids is 1. The molecule has 1 N–H and O–H groups in total. The maximum atomic E-state index is 12.2. The molecule has 0 atom stereocenters. The lowest BCUT2D eigenvalue weighted by Gasteiger charge is -2.10. The van der Waals surface area contributed by atoms with Crippen LogP contribution in [0.15, 0.2) is 36.4 Å². The molecule has 0 bridgehead atoms. The molecule has 0 unspecified atom stereocenters. The van der Waals surface area contributed by atoms with Gasteiger partial charge < -0.3 is 14.6 Å². The number of aromatic nitrogens is 1.